The van der Waals surface area contributed by atoms with Gasteiger partial charge in [0.2, 0.25) is 0 Å². The van der Waals surface area contributed by atoms with Gasteiger partial charge in [-0.05, 0) is 28.2 Å². The van der Waals surface area contributed by atoms with Crippen molar-refractivity contribution in [3.05, 3.63) is 59.7 Å². The van der Waals surface area contributed by atoms with E-state index in [0.717, 1.165) is 22.3 Å². The summed E-state index contributed by atoms with van der Waals surface area (Å²) in [5.74, 6) is -7.96. The summed E-state index contributed by atoms with van der Waals surface area (Å²) in [6.07, 6.45) is -0.720. The van der Waals surface area contributed by atoms with Gasteiger partial charge in [0, 0.05) is 5.92 Å². The lowest BCUT2D eigenvalue weighted by Gasteiger charge is -2.23. The number of hydrogen-bond donors (Lipinski definition) is 3. The summed E-state index contributed by atoms with van der Waals surface area (Å²) in [6.45, 7) is 1.84. The Kier molecular flexibility index (Phi) is 7.30. The number of amides is 2. The number of fused-ring (bicyclic) bond motifs is 3. The number of halogens is 2. The number of benzene rings is 2. The van der Waals surface area contributed by atoms with Crippen LogP contribution in [0.25, 0.3) is 11.1 Å². The summed E-state index contributed by atoms with van der Waals surface area (Å²) < 4.78 is 33.6. The summed E-state index contributed by atoms with van der Waals surface area (Å²) >= 11 is 0. The summed E-state index contributed by atoms with van der Waals surface area (Å²) in [5.41, 5.74) is 4.00. The van der Waals surface area contributed by atoms with E-state index in [9.17, 15) is 28.3 Å². The molecule has 0 saturated heterocycles. The van der Waals surface area contributed by atoms with Crippen molar-refractivity contribution in [3.63, 3.8) is 0 Å². The number of carboxylic acids is 1. The molecule has 0 saturated carbocycles. The van der Waals surface area contributed by atoms with Crippen molar-refractivity contribution >= 4 is 18.0 Å². The van der Waals surface area contributed by atoms with E-state index in [4.69, 9.17) is 4.74 Å². The largest absolute Gasteiger partial charge is 0.480 e. The van der Waals surface area contributed by atoms with Crippen LogP contribution in [-0.4, -0.2) is 48.2 Å². The number of nitrogens with one attached hydrogen (secondary N) is 2. The van der Waals surface area contributed by atoms with Crippen LogP contribution in [0.1, 0.15) is 37.3 Å². The summed E-state index contributed by atoms with van der Waals surface area (Å²) in [4.78, 5) is 35.3. The molecule has 0 bridgehead atoms. The Balaban J connectivity index is 1.57. The van der Waals surface area contributed by atoms with Crippen molar-refractivity contribution < 1.29 is 33.0 Å². The van der Waals surface area contributed by atoms with Crippen LogP contribution in [-0.2, 0) is 14.3 Å². The fourth-order valence-electron chi connectivity index (χ4n) is 3.84. The zero-order valence-electron chi connectivity index (χ0n) is 18.3. The molecule has 7 nitrogen and oxygen atoms in total. The first-order valence-electron chi connectivity index (χ1n) is 10.7. The van der Waals surface area contributed by atoms with Crippen molar-refractivity contribution in [2.24, 2.45) is 5.92 Å². The summed E-state index contributed by atoms with van der Waals surface area (Å²) in [7, 11) is 0. The molecule has 0 heterocycles. The van der Waals surface area contributed by atoms with E-state index in [0.29, 0.717) is 6.42 Å². The number of carboxylic acid groups (broad SMARTS) is 1. The van der Waals surface area contributed by atoms with Gasteiger partial charge < -0.3 is 20.5 Å². The number of rotatable bonds is 9. The zero-order valence-corrected chi connectivity index (χ0v) is 18.3. The number of hydrogen-bond acceptors (Lipinski definition) is 4. The minimum absolute atomic E-state index is 0.0628. The van der Waals surface area contributed by atoms with Crippen LogP contribution < -0.4 is 10.6 Å². The molecule has 0 fully saturated rings. The van der Waals surface area contributed by atoms with Gasteiger partial charge in [0.25, 0.3) is 5.91 Å². The third-order valence-electron chi connectivity index (χ3n) is 5.90. The maximum Gasteiger partial charge on any atom is 0.407 e. The molecule has 2 atom stereocenters. The van der Waals surface area contributed by atoms with Crippen LogP contribution in [0.2, 0.25) is 0 Å². The minimum Gasteiger partial charge on any atom is -0.480 e. The molecule has 3 rings (SSSR count). The third-order valence-corrected chi connectivity index (χ3v) is 5.90. The lowest BCUT2D eigenvalue weighted by molar-refractivity contribution is -0.151. The lowest BCUT2D eigenvalue weighted by atomic mass is 9.98. The predicted molar refractivity (Wildman–Crippen MR) is 117 cm³/mol. The number of carbonyl (C=O) groups is 3. The second-order valence-electron chi connectivity index (χ2n) is 8.06. The van der Waals surface area contributed by atoms with E-state index in [2.05, 4.69) is 0 Å². The van der Waals surface area contributed by atoms with Gasteiger partial charge in [-0.1, -0.05) is 68.8 Å². The third kappa shape index (κ3) is 5.30. The predicted octanol–water partition coefficient (Wildman–Crippen LogP) is 3.78. The van der Waals surface area contributed by atoms with Crippen LogP contribution in [0.4, 0.5) is 13.6 Å². The molecule has 2 amide bonds. The summed E-state index contributed by atoms with van der Waals surface area (Å²) in [6, 6.07) is 13.9. The first kappa shape index (κ1) is 24.2. The van der Waals surface area contributed by atoms with E-state index in [-0.39, 0.29) is 12.5 Å². The van der Waals surface area contributed by atoms with Crippen LogP contribution >= 0.6 is 0 Å². The molecule has 0 radical (unpaired) electrons. The second kappa shape index (κ2) is 9.97. The molecule has 2 aromatic carbocycles. The van der Waals surface area contributed by atoms with Gasteiger partial charge in [-0.25, -0.2) is 9.59 Å². The highest BCUT2D eigenvalue weighted by Crippen LogP contribution is 2.44. The molecule has 1 aliphatic carbocycles. The van der Waals surface area contributed by atoms with Crippen LogP contribution in [0.3, 0.4) is 0 Å². The smallest absolute Gasteiger partial charge is 0.407 e. The summed E-state index contributed by atoms with van der Waals surface area (Å²) in [5, 5.41) is 12.9. The monoisotopic (exact) mass is 460 g/mol. The van der Waals surface area contributed by atoms with E-state index in [1.807, 2.05) is 59.2 Å². The molecule has 2 aromatic rings. The number of carbonyl (C=O) groups excluding carboxylic acids is 2. The Bertz CT molecular complexity index is 998. The highest BCUT2D eigenvalue weighted by atomic mass is 19.3. The quantitative estimate of drug-likeness (QED) is 0.528. The van der Waals surface area contributed by atoms with Crippen LogP contribution in [0.15, 0.2) is 48.5 Å². The number of aliphatic carboxylic acids is 1. The van der Waals surface area contributed by atoms with E-state index >= 15 is 0 Å². The average Bonchev–Trinajstić information content (AvgIpc) is 3.12. The standard InChI is InChI=1S/C24H26F2N2O5/c1-3-14(2)20(21(29)30)28-22(31)24(25,26)13-27-23(32)33-12-19-17-10-6-4-8-15(17)16-9-5-7-11-18(16)19/h4-11,14,19-20H,3,12-13H2,1-2H3,(H,27,32)(H,28,31)(H,29,30)/t14-,20-/m0/s1. The fraction of sp³-hybridized carbons (Fsp3) is 0.375. The molecule has 0 aromatic heterocycles. The Morgan fingerprint density at radius 3 is 2.12 bits per heavy atom. The molecule has 0 unspecified atom stereocenters. The molecule has 0 spiro atoms. The molecular weight excluding hydrogens is 434 g/mol. The van der Waals surface area contributed by atoms with Crippen LogP contribution in [0.5, 0.6) is 0 Å². The van der Waals surface area contributed by atoms with E-state index < -0.39 is 42.4 Å². The van der Waals surface area contributed by atoms with Crippen molar-refractivity contribution in [1.82, 2.24) is 10.6 Å². The Morgan fingerprint density at radius 2 is 1.61 bits per heavy atom. The molecule has 1 aliphatic rings. The number of alkyl carbamates (subject to hydrolysis) is 1. The zero-order chi connectivity index (χ0) is 24.2. The maximum absolute atomic E-state index is 14.2. The van der Waals surface area contributed by atoms with Crippen LogP contribution in [0, 0.1) is 5.92 Å². The first-order chi connectivity index (χ1) is 15.7. The Morgan fingerprint density at radius 1 is 1.06 bits per heavy atom. The first-order valence-corrected chi connectivity index (χ1v) is 10.7. The highest BCUT2D eigenvalue weighted by Gasteiger charge is 2.42. The molecule has 176 valence electrons. The van der Waals surface area contributed by atoms with Gasteiger partial charge in [-0.3, -0.25) is 4.79 Å². The lowest BCUT2D eigenvalue weighted by Crippen LogP contribution is -2.54. The molecule has 9 heteroatoms. The fourth-order valence-corrected chi connectivity index (χ4v) is 3.84. The van der Waals surface area contributed by atoms with Gasteiger partial charge in [0.1, 0.15) is 12.6 Å². The normalized spacial score (nSPS) is 14.5. The number of alkyl halides is 2. The Hall–Kier alpha value is -3.49. The van der Waals surface area contributed by atoms with Gasteiger partial charge in [0.05, 0.1) is 6.54 Å². The van der Waals surface area contributed by atoms with Gasteiger partial charge >= 0.3 is 18.0 Å². The Labute approximate surface area is 190 Å². The van der Waals surface area contributed by atoms with Crippen molar-refractivity contribution in [1.29, 1.82) is 0 Å². The van der Waals surface area contributed by atoms with Crippen molar-refractivity contribution in [2.75, 3.05) is 13.2 Å². The average molecular weight is 460 g/mol. The highest BCUT2D eigenvalue weighted by molar-refractivity contribution is 5.88. The van der Waals surface area contributed by atoms with E-state index in [1.165, 1.54) is 6.92 Å². The molecule has 33 heavy (non-hydrogen) atoms. The molecule has 0 aliphatic heterocycles. The van der Waals surface area contributed by atoms with Crippen molar-refractivity contribution in [3.8, 4) is 11.1 Å². The topological polar surface area (TPSA) is 105 Å². The molecular formula is C24H26F2N2O5. The maximum atomic E-state index is 14.2. The van der Waals surface area contributed by atoms with Gasteiger partial charge in [-0.15, -0.1) is 0 Å². The van der Waals surface area contributed by atoms with Gasteiger partial charge in [0.15, 0.2) is 0 Å². The van der Waals surface area contributed by atoms with Crippen molar-refractivity contribution in [2.45, 2.75) is 38.2 Å². The number of ether oxygens (including phenoxy) is 1. The van der Waals surface area contributed by atoms with E-state index in [1.54, 1.807) is 6.92 Å². The van der Waals surface area contributed by atoms with Gasteiger partial charge in [-0.2, -0.15) is 8.78 Å². The SMILES string of the molecule is CC[C@H](C)[C@H](NC(=O)C(F)(F)CNC(=O)OCC1c2ccccc2-c2ccccc21)C(=O)O. The molecule has 3 N–H and O–H groups in total. The second-order valence-corrected chi connectivity index (χ2v) is 8.06. The minimum atomic E-state index is -4.01.